The Hall–Kier alpha value is -2.24. The first-order valence-electron chi connectivity index (χ1n) is 9.62. The Kier molecular flexibility index (Phi) is 7.18. The van der Waals surface area contributed by atoms with Crippen LogP contribution < -0.4 is 9.64 Å². The van der Waals surface area contributed by atoms with Crippen molar-refractivity contribution in [3.8, 4) is 5.75 Å². The molecular weight excluding hydrogens is 376 g/mol. The fourth-order valence-electron chi connectivity index (χ4n) is 3.32. The summed E-state index contributed by atoms with van der Waals surface area (Å²) in [5.74, 6) is 0.773. The Morgan fingerprint density at radius 3 is 2.71 bits per heavy atom. The number of hydrogen-bond donors (Lipinski definition) is 0. The second kappa shape index (κ2) is 9.80. The zero-order valence-electron chi connectivity index (χ0n) is 16.5. The summed E-state index contributed by atoms with van der Waals surface area (Å²) < 4.78 is 11.1. The predicted molar refractivity (Wildman–Crippen MR) is 113 cm³/mol. The van der Waals surface area contributed by atoms with Crippen molar-refractivity contribution in [1.82, 2.24) is 4.90 Å². The molecule has 0 atom stereocenters. The summed E-state index contributed by atoms with van der Waals surface area (Å²) in [7, 11) is 1.83. The first kappa shape index (κ1) is 20.5. The molecule has 1 saturated heterocycles. The van der Waals surface area contributed by atoms with Crippen molar-refractivity contribution in [2.75, 3.05) is 51.4 Å². The zero-order valence-corrected chi connectivity index (χ0v) is 17.2. The molecule has 3 rings (SSSR count). The molecule has 6 heteroatoms. The van der Waals surface area contributed by atoms with Crippen molar-refractivity contribution in [2.24, 2.45) is 0 Å². The van der Waals surface area contributed by atoms with Gasteiger partial charge in [-0.05, 0) is 55.3 Å². The van der Waals surface area contributed by atoms with Crippen molar-refractivity contribution in [3.05, 3.63) is 58.6 Å². The van der Waals surface area contributed by atoms with Gasteiger partial charge in [0.1, 0.15) is 5.75 Å². The minimum atomic E-state index is 0.0272. The molecule has 1 aliphatic heterocycles. The number of ether oxygens (including phenoxy) is 2. The molecule has 1 fully saturated rings. The second-order valence-corrected chi connectivity index (χ2v) is 7.42. The Balaban J connectivity index is 1.50. The number of aryl methyl sites for hydroxylation is 1. The van der Waals surface area contributed by atoms with Gasteiger partial charge in [-0.2, -0.15) is 0 Å². The van der Waals surface area contributed by atoms with Crippen molar-refractivity contribution in [2.45, 2.75) is 13.3 Å². The highest BCUT2D eigenvalue weighted by molar-refractivity contribution is 6.30. The largest absolute Gasteiger partial charge is 0.493 e. The van der Waals surface area contributed by atoms with Crippen LogP contribution in [0, 0.1) is 6.92 Å². The van der Waals surface area contributed by atoms with Crippen LogP contribution in [0.25, 0.3) is 0 Å². The van der Waals surface area contributed by atoms with Crippen molar-refractivity contribution in [3.63, 3.8) is 0 Å². The van der Waals surface area contributed by atoms with E-state index in [0.717, 1.165) is 44.0 Å². The van der Waals surface area contributed by atoms with E-state index in [-0.39, 0.29) is 5.91 Å². The molecule has 5 nitrogen and oxygen atoms in total. The molecule has 0 bridgehead atoms. The standard InChI is InChI=1S/C22H27ClN2O3/c1-17-15-18(7-8-21(17)25-10-13-27-14-11-25)22(26)24(2)9-4-12-28-20-6-3-5-19(23)16-20/h3,5-8,15-16H,4,9-14H2,1-2H3. The number of nitrogens with zero attached hydrogens (tertiary/aromatic N) is 2. The van der Waals surface area contributed by atoms with Gasteiger partial charge in [-0.25, -0.2) is 0 Å². The van der Waals surface area contributed by atoms with Gasteiger partial charge in [0.05, 0.1) is 19.8 Å². The summed E-state index contributed by atoms with van der Waals surface area (Å²) in [5, 5.41) is 0.653. The Labute approximate surface area is 171 Å². The van der Waals surface area contributed by atoms with E-state index in [0.29, 0.717) is 23.7 Å². The number of benzene rings is 2. The highest BCUT2D eigenvalue weighted by atomic mass is 35.5. The minimum Gasteiger partial charge on any atom is -0.493 e. The van der Waals surface area contributed by atoms with Crippen LogP contribution in [-0.2, 0) is 4.74 Å². The minimum absolute atomic E-state index is 0.0272. The molecule has 2 aromatic carbocycles. The molecule has 0 spiro atoms. The quantitative estimate of drug-likeness (QED) is 0.656. The zero-order chi connectivity index (χ0) is 19.9. The van der Waals surface area contributed by atoms with E-state index in [4.69, 9.17) is 21.1 Å². The second-order valence-electron chi connectivity index (χ2n) is 6.99. The van der Waals surface area contributed by atoms with Crippen LogP contribution in [0.15, 0.2) is 42.5 Å². The molecular formula is C22H27ClN2O3. The number of rotatable bonds is 7. The van der Waals surface area contributed by atoms with Gasteiger partial charge in [0.2, 0.25) is 0 Å². The lowest BCUT2D eigenvalue weighted by Crippen LogP contribution is -2.36. The summed E-state index contributed by atoms with van der Waals surface area (Å²) >= 11 is 5.95. The molecule has 2 aromatic rings. The third-order valence-corrected chi connectivity index (χ3v) is 5.08. The summed E-state index contributed by atoms with van der Waals surface area (Å²) in [4.78, 5) is 16.8. The average Bonchev–Trinajstić information content (AvgIpc) is 2.71. The summed E-state index contributed by atoms with van der Waals surface area (Å²) in [5.41, 5.74) is 3.01. The van der Waals surface area contributed by atoms with Gasteiger partial charge in [0.25, 0.3) is 5.91 Å². The van der Waals surface area contributed by atoms with E-state index >= 15 is 0 Å². The van der Waals surface area contributed by atoms with Gasteiger partial charge >= 0.3 is 0 Å². The number of morpholine rings is 1. The fourth-order valence-corrected chi connectivity index (χ4v) is 3.50. The molecule has 0 N–H and O–H groups in total. The number of carbonyl (C=O) groups is 1. The third-order valence-electron chi connectivity index (χ3n) is 4.84. The maximum Gasteiger partial charge on any atom is 0.253 e. The number of anilines is 1. The molecule has 150 valence electrons. The molecule has 1 amide bonds. The van der Waals surface area contributed by atoms with Crippen molar-refractivity contribution < 1.29 is 14.3 Å². The average molecular weight is 403 g/mol. The third kappa shape index (κ3) is 5.40. The normalized spacial score (nSPS) is 14.0. The first-order valence-corrected chi connectivity index (χ1v) is 9.99. The topological polar surface area (TPSA) is 42.0 Å². The molecule has 28 heavy (non-hydrogen) atoms. The van der Waals surface area contributed by atoms with Crippen molar-refractivity contribution in [1.29, 1.82) is 0 Å². The van der Waals surface area contributed by atoms with Crippen LogP contribution in [0.4, 0.5) is 5.69 Å². The molecule has 0 radical (unpaired) electrons. The highest BCUT2D eigenvalue weighted by Crippen LogP contribution is 2.23. The highest BCUT2D eigenvalue weighted by Gasteiger charge is 2.16. The SMILES string of the molecule is Cc1cc(C(=O)N(C)CCCOc2cccc(Cl)c2)ccc1N1CCOCC1. The summed E-state index contributed by atoms with van der Waals surface area (Å²) in [6.45, 7) is 6.50. The summed E-state index contributed by atoms with van der Waals surface area (Å²) in [6, 6.07) is 13.3. The Morgan fingerprint density at radius 1 is 1.21 bits per heavy atom. The molecule has 0 unspecified atom stereocenters. The van der Waals surface area contributed by atoms with Crippen LogP contribution in [0.2, 0.25) is 5.02 Å². The van der Waals surface area contributed by atoms with E-state index < -0.39 is 0 Å². The van der Waals surface area contributed by atoms with E-state index in [2.05, 4.69) is 11.8 Å². The lowest BCUT2D eigenvalue weighted by atomic mass is 10.1. The summed E-state index contributed by atoms with van der Waals surface area (Å²) in [6.07, 6.45) is 0.750. The van der Waals surface area contributed by atoms with Gasteiger partial charge in [-0.1, -0.05) is 17.7 Å². The van der Waals surface area contributed by atoms with Crippen molar-refractivity contribution >= 4 is 23.2 Å². The van der Waals surface area contributed by atoms with Gasteiger partial charge in [-0.3, -0.25) is 4.79 Å². The maximum atomic E-state index is 12.7. The monoisotopic (exact) mass is 402 g/mol. The van der Waals surface area contributed by atoms with E-state index in [1.807, 2.05) is 43.4 Å². The number of halogens is 1. The number of amides is 1. The van der Waals surface area contributed by atoms with Gasteiger partial charge in [0, 0.05) is 43.0 Å². The Morgan fingerprint density at radius 2 is 2.00 bits per heavy atom. The van der Waals surface area contributed by atoms with Gasteiger partial charge in [0.15, 0.2) is 0 Å². The van der Waals surface area contributed by atoms with Crippen LogP contribution in [0.1, 0.15) is 22.3 Å². The van der Waals surface area contributed by atoms with E-state index in [1.165, 1.54) is 5.69 Å². The first-order chi connectivity index (χ1) is 13.5. The van der Waals surface area contributed by atoms with E-state index in [9.17, 15) is 4.79 Å². The molecule has 0 aromatic heterocycles. The molecule has 0 saturated carbocycles. The Bertz CT molecular complexity index is 806. The number of carbonyl (C=O) groups excluding carboxylic acids is 1. The smallest absolute Gasteiger partial charge is 0.253 e. The lowest BCUT2D eigenvalue weighted by Gasteiger charge is -2.30. The van der Waals surface area contributed by atoms with Crippen LogP contribution in [0.5, 0.6) is 5.75 Å². The lowest BCUT2D eigenvalue weighted by molar-refractivity contribution is 0.0787. The molecule has 0 aliphatic carbocycles. The predicted octanol–water partition coefficient (Wildman–Crippen LogP) is 4.03. The molecule has 1 heterocycles. The van der Waals surface area contributed by atoms with E-state index in [1.54, 1.807) is 11.0 Å². The van der Waals surface area contributed by atoms with Crippen LogP contribution in [0.3, 0.4) is 0 Å². The maximum absolute atomic E-state index is 12.7. The van der Waals surface area contributed by atoms with Gasteiger partial charge in [-0.15, -0.1) is 0 Å². The van der Waals surface area contributed by atoms with Crippen LogP contribution in [-0.4, -0.2) is 57.3 Å². The van der Waals surface area contributed by atoms with Gasteiger partial charge < -0.3 is 19.3 Å². The number of hydrogen-bond acceptors (Lipinski definition) is 4. The van der Waals surface area contributed by atoms with Crippen LogP contribution >= 0.6 is 11.6 Å². The molecule has 1 aliphatic rings. The fraction of sp³-hybridized carbons (Fsp3) is 0.409.